The molecule has 0 saturated carbocycles. The van der Waals surface area contributed by atoms with Gasteiger partial charge in [-0.1, -0.05) is 18.7 Å². The molecule has 2 rings (SSSR count). The van der Waals surface area contributed by atoms with E-state index in [4.69, 9.17) is 5.84 Å². The van der Waals surface area contributed by atoms with E-state index in [-0.39, 0.29) is 17.6 Å². The highest BCUT2D eigenvalue weighted by Gasteiger charge is 2.15. The zero-order valence-corrected chi connectivity index (χ0v) is 11.5. The molecule has 1 unspecified atom stereocenters. The Morgan fingerprint density at radius 2 is 2.20 bits per heavy atom. The molecule has 0 radical (unpaired) electrons. The molecule has 20 heavy (non-hydrogen) atoms. The molecule has 0 spiro atoms. The number of hydrogen-bond donors (Lipinski definition) is 3. The largest absolute Gasteiger partial charge is 0.508 e. The van der Waals surface area contributed by atoms with Gasteiger partial charge in [0.25, 0.3) is 0 Å². The number of tetrazole rings is 1. The van der Waals surface area contributed by atoms with Crippen molar-refractivity contribution in [1.82, 2.24) is 25.6 Å². The lowest BCUT2D eigenvalue weighted by Crippen LogP contribution is -2.35. The highest BCUT2D eigenvalue weighted by atomic mass is 32.2. The van der Waals surface area contributed by atoms with Crippen LogP contribution in [-0.2, 0) is 4.79 Å². The van der Waals surface area contributed by atoms with Crippen molar-refractivity contribution in [3.8, 4) is 11.4 Å². The molecule has 0 aliphatic rings. The minimum Gasteiger partial charge on any atom is -0.508 e. The second-order valence-corrected chi connectivity index (χ2v) is 5.10. The third-order valence-corrected chi connectivity index (χ3v) is 3.77. The van der Waals surface area contributed by atoms with Gasteiger partial charge in [0.1, 0.15) is 5.75 Å². The maximum atomic E-state index is 11.3. The van der Waals surface area contributed by atoms with Crippen molar-refractivity contribution in [3.05, 3.63) is 24.3 Å². The number of amides is 1. The van der Waals surface area contributed by atoms with E-state index in [0.29, 0.717) is 10.9 Å². The van der Waals surface area contributed by atoms with Gasteiger partial charge in [-0.2, -0.15) is 4.68 Å². The minimum atomic E-state index is -0.255. The first-order chi connectivity index (χ1) is 9.61. The Labute approximate surface area is 119 Å². The summed E-state index contributed by atoms with van der Waals surface area (Å²) in [5, 5.41) is 21.2. The highest BCUT2D eigenvalue weighted by Crippen LogP contribution is 2.21. The topological polar surface area (TPSA) is 119 Å². The highest BCUT2D eigenvalue weighted by molar-refractivity contribution is 7.99. The number of benzene rings is 1. The SMILES string of the molecule is CC(CSc1nnnn1-c1ccc(O)cc1)C(=O)NN. The number of rotatable bonds is 5. The molecule has 0 aliphatic carbocycles. The van der Waals surface area contributed by atoms with Gasteiger partial charge in [-0.15, -0.1) is 5.10 Å². The zero-order chi connectivity index (χ0) is 14.5. The molecular weight excluding hydrogens is 280 g/mol. The van der Waals surface area contributed by atoms with Crippen LogP contribution >= 0.6 is 11.8 Å². The number of nitrogens with zero attached hydrogens (tertiary/aromatic N) is 4. The van der Waals surface area contributed by atoms with Crippen LogP contribution in [0.5, 0.6) is 5.75 Å². The van der Waals surface area contributed by atoms with Gasteiger partial charge in [0.2, 0.25) is 11.1 Å². The molecule has 1 amide bonds. The van der Waals surface area contributed by atoms with Gasteiger partial charge in [-0.05, 0) is 34.7 Å². The minimum absolute atomic E-state index is 0.171. The number of carbonyl (C=O) groups excluding carboxylic acids is 1. The van der Waals surface area contributed by atoms with E-state index < -0.39 is 0 Å². The third-order valence-electron chi connectivity index (χ3n) is 2.59. The molecule has 1 aromatic carbocycles. The van der Waals surface area contributed by atoms with Crippen LogP contribution in [0.15, 0.2) is 29.4 Å². The fourth-order valence-electron chi connectivity index (χ4n) is 1.44. The molecule has 8 nitrogen and oxygen atoms in total. The molecule has 1 atom stereocenters. The summed E-state index contributed by atoms with van der Waals surface area (Å²) in [6.45, 7) is 1.77. The average molecular weight is 294 g/mol. The van der Waals surface area contributed by atoms with Crippen LogP contribution < -0.4 is 11.3 Å². The fraction of sp³-hybridized carbons (Fsp3) is 0.273. The maximum absolute atomic E-state index is 11.3. The fourth-order valence-corrected chi connectivity index (χ4v) is 2.35. The van der Waals surface area contributed by atoms with E-state index in [1.807, 2.05) is 0 Å². The molecule has 1 aromatic heterocycles. The molecule has 0 aliphatic heterocycles. The van der Waals surface area contributed by atoms with Crippen LogP contribution in [0.2, 0.25) is 0 Å². The molecule has 2 aromatic rings. The number of thioether (sulfide) groups is 1. The van der Waals surface area contributed by atoms with Gasteiger partial charge in [0, 0.05) is 11.7 Å². The molecule has 9 heteroatoms. The molecule has 4 N–H and O–H groups in total. The summed E-state index contributed by atoms with van der Waals surface area (Å²) < 4.78 is 1.54. The number of hydrogen-bond acceptors (Lipinski definition) is 7. The standard InChI is InChI=1S/C11H14N6O2S/c1-7(10(19)13-12)6-20-11-14-15-16-17(11)8-2-4-9(18)5-3-8/h2-5,7,18H,6,12H2,1H3,(H,13,19). The number of aromatic nitrogens is 4. The van der Waals surface area contributed by atoms with Gasteiger partial charge < -0.3 is 5.11 Å². The molecule has 0 bridgehead atoms. The van der Waals surface area contributed by atoms with Gasteiger partial charge in [-0.25, -0.2) is 5.84 Å². The van der Waals surface area contributed by atoms with Gasteiger partial charge in [0.05, 0.1) is 5.69 Å². The first-order valence-corrected chi connectivity index (χ1v) is 6.81. The number of carbonyl (C=O) groups is 1. The lowest BCUT2D eigenvalue weighted by atomic mass is 10.2. The molecule has 0 fully saturated rings. The lowest BCUT2D eigenvalue weighted by molar-refractivity contribution is -0.123. The summed E-state index contributed by atoms with van der Waals surface area (Å²) in [7, 11) is 0. The summed E-state index contributed by atoms with van der Waals surface area (Å²) in [6, 6.07) is 6.50. The Kier molecular flexibility index (Phi) is 4.53. The summed E-state index contributed by atoms with van der Waals surface area (Å²) in [4.78, 5) is 11.3. The Balaban J connectivity index is 2.09. The van der Waals surface area contributed by atoms with E-state index in [1.165, 1.54) is 16.4 Å². The van der Waals surface area contributed by atoms with Crippen LogP contribution in [0.25, 0.3) is 5.69 Å². The van der Waals surface area contributed by atoms with Crippen LogP contribution in [0, 0.1) is 5.92 Å². The molecule has 1 heterocycles. The van der Waals surface area contributed by atoms with Gasteiger partial charge in [0.15, 0.2) is 0 Å². The van der Waals surface area contributed by atoms with Gasteiger partial charge in [-0.3, -0.25) is 10.2 Å². The Hall–Kier alpha value is -2.13. The maximum Gasteiger partial charge on any atom is 0.237 e. The first-order valence-electron chi connectivity index (χ1n) is 5.83. The Bertz CT molecular complexity index is 585. The normalized spacial score (nSPS) is 12.1. The van der Waals surface area contributed by atoms with Crippen LogP contribution in [0.1, 0.15) is 6.92 Å². The van der Waals surface area contributed by atoms with E-state index in [2.05, 4.69) is 21.0 Å². The number of aromatic hydroxyl groups is 1. The monoisotopic (exact) mass is 294 g/mol. The predicted octanol–water partition coefficient (Wildman–Crippen LogP) is 0.0860. The van der Waals surface area contributed by atoms with Crippen LogP contribution in [0.3, 0.4) is 0 Å². The van der Waals surface area contributed by atoms with E-state index in [0.717, 1.165) is 5.69 Å². The van der Waals surface area contributed by atoms with Crippen LogP contribution in [0.4, 0.5) is 0 Å². The van der Waals surface area contributed by atoms with E-state index in [9.17, 15) is 9.90 Å². The van der Waals surface area contributed by atoms with Crippen molar-refractivity contribution in [3.63, 3.8) is 0 Å². The number of nitrogens with two attached hydrogens (primary N) is 1. The van der Waals surface area contributed by atoms with Crippen molar-refractivity contribution >= 4 is 17.7 Å². The zero-order valence-electron chi connectivity index (χ0n) is 10.7. The predicted molar refractivity (Wildman–Crippen MR) is 73.0 cm³/mol. The number of phenolic OH excluding ortho intramolecular Hbond substituents is 1. The Morgan fingerprint density at radius 1 is 1.50 bits per heavy atom. The van der Waals surface area contributed by atoms with Crippen molar-refractivity contribution in [2.75, 3.05) is 5.75 Å². The quantitative estimate of drug-likeness (QED) is 0.309. The average Bonchev–Trinajstić information content (AvgIpc) is 2.93. The van der Waals surface area contributed by atoms with Crippen molar-refractivity contribution in [2.24, 2.45) is 11.8 Å². The van der Waals surface area contributed by atoms with Crippen molar-refractivity contribution < 1.29 is 9.90 Å². The third kappa shape index (κ3) is 3.25. The van der Waals surface area contributed by atoms with Crippen molar-refractivity contribution in [1.29, 1.82) is 0 Å². The summed E-state index contributed by atoms with van der Waals surface area (Å²) in [5.41, 5.74) is 2.84. The van der Waals surface area contributed by atoms with E-state index >= 15 is 0 Å². The number of nitrogens with one attached hydrogen (secondary N) is 1. The van der Waals surface area contributed by atoms with Crippen molar-refractivity contribution in [2.45, 2.75) is 12.1 Å². The second kappa shape index (κ2) is 6.35. The number of hydrazine groups is 1. The van der Waals surface area contributed by atoms with Crippen LogP contribution in [-0.4, -0.2) is 37.0 Å². The smallest absolute Gasteiger partial charge is 0.237 e. The van der Waals surface area contributed by atoms with Gasteiger partial charge >= 0.3 is 0 Å². The molecule has 0 saturated heterocycles. The Morgan fingerprint density at radius 3 is 2.85 bits per heavy atom. The summed E-state index contributed by atoms with van der Waals surface area (Å²) in [6.07, 6.45) is 0. The summed E-state index contributed by atoms with van der Waals surface area (Å²) >= 11 is 1.35. The molecule has 106 valence electrons. The lowest BCUT2D eigenvalue weighted by Gasteiger charge is -2.08. The second-order valence-electron chi connectivity index (χ2n) is 4.11. The molecular formula is C11H14N6O2S. The summed E-state index contributed by atoms with van der Waals surface area (Å²) in [5.74, 6) is 5.26. The number of phenols is 1. The van der Waals surface area contributed by atoms with E-state index in [1.54, 1.807) is 31.2 Å². The first kappa shape index (κ1) is 14.3.